The lowest BCUT2D eigenvalue weighted by Gasteiger charge is -2.08. The Balaban J connectivity index is 2.20. The van der Waals surface area contributed by atoms with E-state index < -0.39 is 4.92 Å². The monoisotopic (exact) mass is 260 g/mol. The number of nitrogens with zero attached hydrogens (tertiary/aromatic N) is 1. The summed E-state index contributed by atoms with van der Waals surface area (Å²) in [5.41, 5.74) is 0.914. The van der Waals surface area contributed by atoms with Crippen LogP contribution in [0.15, 0.2) is 40.8 Å². The highest BCUT2D eigenvalue weighted by molar-refractivity contribution is 5.59. The van der Waals surface area contributed by atoms with Gasteiger partial charge >= 0.3 is 0 Å². The predicted molar refractivity (Wildman–Crippen MR) is 72.9 cm³/mol. The van der Waals surface area contributed by atoms with Gasteiger partial charge in [-0.05, 0) is 37.7 Å². The minimum absolute atomic E-state index is 0.0801. The van der Waals surface area contributed by atoms with Crippen molar-refractivity contribution in [1.82, 2.24) is 5.32 Å². The van der Waals surface area contributed by atoms with E-state index in [9.17, 15) is 10.1 Å². The average molecular weight is 260 g/mol. The summed E-state index contributed by atoms with van der Waals surface area (Å²) in [4.78, 5) is 10.2. The summed E-state index contributed by atoms with van der Waals surface area (Å²) in [5.74, 6) is 1.57. The number of non-ortho nitro benzene ring substituents is 1. The summed E-state index contributed by atoms with van der Waals surface area (Å²) in [6.45, 7) is 4.94. The maximum absolute atomic E-state index is 10.6. The van der Waals surface area contributed by atoms with Crippen LogP contribution in [0.1, 0.15) is 25.6 Å². The maximum Gasteiger partial charge on any atom is 0.269 e. The van der Waals surface area contributed by atoms with Crippen molar-refractivity contribution in [3.63, 3.8) is 0 Å². The van der Waals surface area contributed by atoms with Crippen molar-refractivity contribution in [3.05, 3.63) is 52.3 Å². The van der Waals surface area contributed by atoms with Gasteiger partial charge in [0.15, 0.2) is 0 Å². The summed E-state index contributed by atoms with van der Waals surface area (Å²) in [5, 5.41) is 13.9. The molecule has 0 saturated carbocycles. The van der Waals surface area contributed by atoms with Crippen molar-refractivity contribution < 1.29 is 9.34 Å². The van der Waals surface area contributed by atoms with E-state index >= 15 is 0 Å². The quantitative estimate of drug-likeness (QED) is 0.659. The first-order valence-electron chi connectivity index (χ1n) is 6.19. The van der Waals surface area contributed by atoms with Gasteiger partial charge in [-0.3, -0.25) is 10.1 Å². The van der Waals surface area contributed by atoms with Gasteiger partial charge in [-0.25, -0.2) is 0 Å². The number of nitrogens with one attached hydrogen (secondary N) is 1. The summed E-state index contributed by atoms with van der Waals surface area (Å²) >= 11 is 0. The highest BCUT2D eigenvalue weighted by Gasteiger charge is 2.11. The lowest BCUT2D eigenvalue weighted by molar-refractivity contribution is -0.384. The van der Waals surface area contributed by atoms with Gasteiger partial charge in [0.2, 0.25) is 0 Å². The molecular formula is C14H16N2O3. The fourth-order valence-corrected chi connectivity index (χ4v) is 1.89. The topological polar surface area (TPSA) is 68.3 Å². The molecule has 1 N–H and O–H groups in total. The molecule has 0 aliphatic carbocycles. The van der Waals surface area contributed by atoms with Gasteiger partial charge in [-0.15, -0.1) is 0 Å². The van der Waals surface area contributed by atoms with Crippen LogP contribution in [0.4, 0.5) is 5.69 Å². The summed E-state index contributed by atoms with van der Waals surface area (Å²) in [6.07, 6.45) is 0. The van der Waals surface area contributed by atoms with Crippen LogP contribution in [0.5, 0.6) is 0 Å². The van der Waals surface area contributed by atoms with E-state index in [1.165, 1.54) is 12.1 Å². The molecule has 0 spiro atoms. The molecule has 0 saturated heterocycles. The van der Waals surface area contributed by atoms with E-state index in [2.05, 4.69) is 5.32 Å². The van der Waals surface area contributed by atoms with Crippen LogP contribution in [0.25, 0.3) is 11.3 Å². The molecule has 0 amide bonds. The van der Waals surface area contributed by atoms with Crippen LogP contribution in [0, 0.1) is 10.1 Å². The fraction of sp³-hybridized carbons (Fsp3) is 0.286. The number of hydrogen-bond acceptors (Lipinski definition) is 4. The minimum atomic E-state index is -0.412. The Morgan fingerprint density at radius 1 is 1.26 bits per heavy atom. The Morgan fingerprint density at radius 3 is 2.53 bits per heavy atom. The Morgan fingerprint density at radius 2 is 1.95 bits per heavy atom. The van der Waals surface area contributed by atoms with Gasteiger partial charge in [0.05, 0.1) is 11.0 Å². The minimum Gasteiger partial charge on any atom is -0.459 e. The van der Waals surface area contributed by atoms with Gasteiger partial charge < -0.3 is 9.73 Å². The number of nitro benzene ring substituents is 1. The third-order valence-electron chi connectivity index (χ3n) is 2.93. The Hall–Kier alpha value is -2.14. The van der Waals surface area contributed by atoms with Crippen molar-refractivity contribution in [2.75, 3.05) is 6.54 Å². The molecule has 1 heterocycles. The van der Waals surface area contributed by atoms with Crippen molar-refractivity contribution >= 4 is 5.69 Å². The third kappa shape index (κ3) is 3.00. The van der Waals surface area contributed by atoms with Crippen molar-refractivity contribution in [2.24, 2.45) is 0 Å². The lowest BCUT2D eigenvalue weighted by atomic mass is 10.1. The van der Waals surface area contributed by atoms with Crippen LogP contribution < -0.4 is 5.32 Å². The van der Waals surface area contributed by atoms with E-state index in [-0.39, 0.29) is 11.7 Å². The van der Waals surface area contributed by atoms with Crippen LogP contribution >= 0.6 is 0 Å². The molecule has 1 aromatic heterocycles. The first-order chi connectivity index (χ1) is 9.11. The van der Waals surface area contributed by atoms with Crippen molar-refractivity contribution in [3.8, 4) is 11.3 Å². The molecule has 2 rings (SSSR count). The first-order valence-corrected chi connectivity index (χ1v) is 6.19. The van der Waals surface area contributed by atoms with Gasteiger partial charge in [-0.2, -0.15) is 0 Å². The average Bonchev–Trinajstić information content (AvgIpc) is 2.89. The van der Waals surface area contributed by atoms with Crippen LogP contribution in [-0.2, 0) is 0 Å². The molecule has 0 aliphatic rings. The second-order valence-corrected chi connectivity index (χ2v) is 4.29. The normalized spacial score (nSPS) is 12.3. The van der Waals surface area contributed by atoms with E-state index in [0.717, 1.165) is 23.6 Å². The summed E-state index contributed by atoms with van der Waals surface area (Å²) in [7, 11) is 0. The smallest absolute Gasteiger partial charge is 0.269 e. The molecule has 0 aliphatic heterocycles. The van der Waals surface area contributed by atoms with Crippen LogP contribution in [0.2, 0.25) is 0 Å². The molecule has 5 heteroatoms. The van der Waals surface area contributed by atoms with Gasteiger partial charge in [-0.1, -0.05) is 6.92 Å². The zero-order chi connectivity index (χ0) is 13.8. The number of nitro groups is 1. The fourth-order valence-electron chi connectivity index (χ4n) is 1.89. The SMILES string of the molecule is CCNC(C)c1ccc(-c2ccc([N+](=O)[O-])cc2)o1. The number of rotatable bonds is 5. The molecule has 19 heavy (non-hydrogen) atoms. The largest absolute Gasteiger partial charge is 0.459 e. The highest BCUT2D eigenvalue weighted by Crippen LogP contribution is 2.26. The Kier molecular flexibility index (Phi) is 3.97. The molecule has 2 aromatic rings. The van der Waals surface area contributed by atoms with E-state index in [0.29, 0.717) is 0 Å². The van der Waals surface area contributed by atoms with Gasteiger partial charge in [0, 0.05) is 17.7 Å². The summed E-state index contributed by atoms with van der Waals surface area (Å²) < 4.78 is 5.75. The highest BCUT2D eigenvalue weighted by atomic mass is 16.6. The van der Waals surface area contributed by atoms with Gasteiger partial charge in [0.25, 0.3) is 5.69 Å². The molecule has 1 unspecified atom stereocenters. The molecule has 5 nitrogen and oxygen atoms in total. The van der Waals surface area contributed by atoms with E-state index in [1.807, 2.05) is 26.0 Å². The van der Waals surface area contributed by atoms with Crippen molar-refractivity contribution in [2.45, 2.75) is 19.9 Å². The molecule has 1 atom stereocenters. The lowest BCUT2D eigenvalue weighted by Crippen LogP contribution is -2.16. The Labute approximate surface area is 111 Å². The molecular weight excluding hydrogens is 244 g/mol. The Bertz CT molecular complexity index is 560. The molecule has 0 radical (unpaired) electrons. The van der Waals surface area contributed by atoms with Crippen LogP contribution in [-0.4, -0.2) is 11.5 Å². The van der Waals surface area contributed by atoms with Crippen LogP contribution in [0.3, 0.4) is 0 Å². The molecule has 1 aromatic carbocycles. The van der Waals surface area contributed by atoms with E-state index in [4.69, 9.17) is 4.42 Å². The first kappa shape index (κ1) is 13.3. The molecule has 0 bridgehead atoms. The molecule has 0 fully saturated rings. The molecule has 100 valence electrons. The summed E-state index contributed by atoms with van der Waals surface area (Å²) in [6, 6.07) is 10.3. The standard InChI is InChI=1S/C14H16N2O3/c1-3-15-10(2)13-8-9-14(19-13)11-4-6-12(7-5-11)16(17)18/h4-10,15H,3H2,1-2H3. The number of furan rings is 1. The van der Waals surface area contributed by atoms with E-state index in [1.54, 1.807) is 12.1 Å². The predicted octanol–water partition coefficient (Wildman–Crippen LogP) is 3.53. The second kappa shape index (κ2) is 5.67. The number of hydrogen-bond donors (Lipinski definition) is 1. The third-order valence-corrected chi connectivity index (χ3v) is 2.93. The van der Waals surface area contributed by atoms with Gasteiger partial charge in [0.1, 0.15) is 11.5 Å². The zero-order valence-electron chi connectivity index (χ0n) is 10.9. The maximum atomic E-state index is 10.6. The number of benzene rings is 1. The zero-order valence-corrected chi connectivity index (χ0v) is 10.9. The second-order valence-electron chi connectivity index (χ2n) is 4.29. The van der Waals surface area contributed by atoms with Crippen molar-refractivity contribution in [1.29, 1.82) is 0 Å².